The summed E-state index contributed by atoms with van der Waals surface area (Å²) in [5.41, 5.74) is -1.85. The molecule has 47 heavy (non-hydrogen) atoms. The van der Waals surface area contributed by atoms with Gasteiger partial charge in [-0.15, -0.1) is 0 Å². The molecule has 0 bridgehead atoms. The molecular formula is C30H34F4N6O6S. The highest BCUT2D eigenvalue weighted by Crippen LogP contribution is 2.42. The molecule has 1 spiro atoms. The number of benzene rings is 2. The highest BCUT2D eigenvalue weighted by molar-refractivity contribution is 7.92. The number of likely N-dealkylation sites (tertiary alicyclic amines) is 1. The molecule has 2 aliphatic rings. The van der Waals surface area contributed by atoms with Gasteiger partial charge in [-0.2, -0.15) is 18.2 Å². The molecule has 1 unspecified atom stereocenters. The van der Waals surface area contributed by atoms with E-state index in [1.807, 2.05) is 0 Å². The first-order chi connectivity index (χ1) is 22.1. The summed E-state index contributed by atoms with van der Waals surface area (Å²) in [5.74, 6) is -3.30. The fourth-order valence-corrected chi connectivity index (χ4v) is 5.95. The van der Waals surface area contributed by atoms with E-state index in [2.05, 4.69) is 32.5 Å². The number of amides is 1. The quantitative estimate of drug-likeness (QED) is 0.304. The van der Waals surface area contributed by atoms with Crippen LogP contribution in [0.2, 0.25) is 0 Å². The van der Waals surface area contributed by atoms with Crippen molar-refractivity contribution in [2.75, 3.05) is 56.8 Å². The van der Waals surface area contributed by atoms with Gasteiger partial charge in [-0.3, -0.25) is 9.10 Å². The first-order valence-corrected chi connectivity index (χ1v) is 16.3. The van der Waals surface area contributed by atoms with Crippen molar-refractivity contribution in [3.05, 3.63) is 59.5 Å². The summed E-state index contributed by atoms with van der Waals surface area (Å²) in [7, 11) is 0.736. The van der Waals surface area contributed by atoms with Crippen molar-refractivity contribution in [3.8, 4) is 17.4 Å². The number of aromatic nitrogens is 2. The first kappa shape index (κ1) is 34.1. The van der Waals surface area contributed by atoms with E-state index in [4.69, 9.17) is 14.2 Å². The molecule has 12 nitrogen and oxygen atoms in total. The third-order valence-corrected chi connectivity index (χ3v) is 9.49. The second-order valence-corrected chi connectivity index (χ2v) is 13.7. The number of anilines is 3. The van der Waals surface area contributed by atoms with Crippen LogP contribution in [-0.2, 0) is 20.9 Å². The fourth-order valence-electron chi connectivity index (χ4n) is 5.45. The van der Waals surface area contributed by atoms with Gasteiger partial charge in [-0.05, 0) is 51.2 Å². The third kappa shape index (κ3) is 7.68. The summed E-state index contributed by atoms with van der Waals surface area (Å²) in [5, 5.41) is 5.34. The number of rotatable bonds is 9. The van der Waals surface area contributed by atoms with E-state index < -0.39 is 51.5 Å². The van der Waals surface area contributed by atoms with Crippen LogP contribution in [-0.4, -0.2) is 82.6 Å². The fraction of sp³-hybridized carbons (Fsp3) is 0.433. The molecule has 2 N–H and O–H groups in total. The molecule has 2 aliphatic heterocycles. The van der Waals surface area contributed by atoms with Crippen molar-refractivity contribution in [2.24, 2.45) is 5.41 Å². The maximum Gasteiger partial charge on any atom is 0.423 e. The topological polar surface area (TPSA) is 135 Å². The zero-order valence-corrected chi connectivity index (χ0v) is 26.8. The molecule has 5 rings (SSSR count). The van der Waals surface area contributed by atoms with Crippen LogP contribution in [0.3, 0.4) is 0 Å². The minimum Gasteiger partial charge on any atom is -0.495 e. The molecule has 1 aromatic heterocycles. The number of nitrogens with one attached hydrogen (secondary N) is 2. The second-order valence-electron chi connectivity index (χ2n) is 11.6. The van der Waals surface area contributed by atoms with Crippen molar-refractivity contribution >= 4 is 33.3 Å². The lowest BCUT2D eigenvalue weighted by Gasteiger charge is -2.36. The first-order valence-electron chi connectivity index (χ1n) is 14.5. The van der Waals surface area contributed by atoms with Crippen LogP contribution in [0.25, 0.3) is 0 Å². The summed E-state index contributed by atoms with van der Waals surface area (Å²) in [6.45, 7) is 2.35. The number of ether oxygens (including phenoxy) is 3. The van der Waals surface area contributed by atoms with Gasteiger partial charge < -0.3 is 29.7 Å². The predicted octanol–water partition coefficient (Wildman–Crippen LogP) is 4.76. The standard InChI is InChI=1S/C30H34F4N6O6S/c1-39-11-9-29(10-12-39)15-25(45-17-29)37-26(41)18-13-24(44-3)21(14-20(18)31)36-28-35-16-19(30(32,33)34)27(38-28)46-23-8-6-5-7-22(23)40(2)47(4,42)43/h5-8,13-14,16,25H,9-12,15,17H2,1-4H3,(H,37,41)(H,35,36,38). The minimum atomic E-state index is -4.94. The van der Waals surface area contributed by atoms with Crippen LogP contribution in [0, 0.1) is 11.2 Å². The Morgan fingerprint density at radius 2 is 1.87 bits per heavy atom. The van der Waals surface area contributed by atoms with Gasteiger partial charge in [-0.25, -0.2) is 17.8 Å². The van der Waals surface area contributed by atoms with Gasteiger partial charge >= 0.3 is 6.18 Å². The van der Waals surface area contributed by atoms with E-state index in [9.17, 15) is 26.4 Å². The zero-order chi connectivity index (χ0) is 34.1. The second kappa shape index (κ2) is 13.1. The molecule has 2 aromatic carbocycles. The van der Waals surface area contributed by atoms with Crippen LogP contribution in [0.4, 0.5) is 34.9 Å². The average molecular weight is 683 g/mol. The van der Waals surface area contributed by atoms with Crippen LogP contribution in [0.5, 0.6) is 17.4 Å². The summed E-state index contributed by atoms with van der Waals surface area (Å²) in [6, 6.07) is 7.63. The van der Waals surface area contributed by atoms with Crippen molar-refractivity contribution < 1.29 is 45.0 Å². The average Bonchev–Trinajstić information content (AvgIpc) is 3.39. The van der Waals surface area contributed by atoms with E-state index >= 15 is 4.39 Å². The van der Waals surface area contributed by atoms with Crippen LogP contribution in [0.1, 0.15) is 35.2 Å². The van der Waals surface area contributed by atoms with E-state index in [0.717, 1.165) is 48.6 Å². The number of para-hydroxylation sites is 2. The van der Waals surface area contributed by atoms with Crippen LogP contribution < -0.4 is 24.4 Å². The molecule has 254 valence electrons. The highest BCUT2D eigenvalue weighted by atomic mass is 32.2. The Bertz CT molecular complexity index is 1750. The minimum absolute atomic E-state index is 0.0261. The number of hydrogen-bond donors (Lipinski definition) is 2. The number of sulfonamides is 1. The molecule has 1 atom stereocenters. The van der Waals surface area contributed by atoms with E-state index in [-0.39, 0.29) is 33.9 Å². The molecule has 1 amide bonds. The van der Waals surface area contributed by atoms with Gasteiger partial charge in [0.1, 0.15) is 23.4 Å². The number of piperidine rings is 1. The Balaban J connectivity index is 1.38. The van der Waals surface area contributed by atoms with E-state index in [1.54, 1.807) is 0 Å². The van der Waals surface area contributed by atoms with Gasteiger partial charge in [0.05, 0.1) is 36.9 Å². The van der Waals surface area contributed by atoms with Gasteiger partial charge in [-0.1, -0.05) is 12.1 Å². The number of hydrogen-bond acceptors (Lipinski definition) is 10. The van der Waals surface area contributed by atoms with Gasteiger partial charge in [0.15, 0.2) is 5.75 Å². The Kier molecular flexibility index (Phi) is 9.52. The Morgan fingerprint density at radius 1 is 1.17 bits per heavy atom. The number of nitrogens with zero attached hydrogens (tertiary/aromatic N) is 4. The lowest BCUT2D eigenvalue weighted by atomic mass is 9.77. The van der Waals surface area contributed by atoms with Gasteiger partial charge in [0, 0.05) is 31.1 Å². The van der Waals surface area contributed by atoms with Gasteiger partial charge in [0.2, 0.25) is 21.9 Å². The van der Waals surface area contributed by atoms with Crippen molar-refractivity contribution in [3.63, 3.8) is 0 Å². The molecular weight excluding hydrogens is 648 g/mol. The molecule has 2 saturated heterocycles. The summed E-state index contributed by atoms with van der Waals surface area (Å²) < 4.78 is 98.8. The largest absolute Gasteiger partial charge is 0.495 e. The molecule has 0 aliphatic carbocycles. The maximum absolute atomic E-state index is 15.3. The number of carbonyl (C=O) groups excluding carboxylic acids is 1. The SMILES string of the molecule is COc1cc(C(=O)NC2CC3(CCN(C)CC3)CO2)c(F)cc1Nc1ncc(C(F)(F)F)c(Oc2ccccc2N(C)S(C)(=O)=O)n1. The summed E-state index contributed by atoms with van der Waals surface area (Å²) >= 11 is 0. The number of alkyl halides is 3. The van der Waals surface area contributed by atoms with Gasteiger partial charge in [0.25, 0.3) is 5.91 Å². The molecule has 3 heterocycles. The lowest BCUT2D eigenvalue weighted by molar-refractivity contribution is -0.139. The van der Waals surface area contributed by atoms with E-state index in [1.165, 1.54) is 38.4 Å². The van der Waals surface area contributed by atoms with Crippen molar-refractivity contribution in [1.82, 2.24) is 20.2 Å². The zero-order valence-electron chi connectivity index (χ0n) is 26.0. The normalized spacial score (nSPS) is 18.2. The molecule has 0 radical (unpaired) electrons. The van der Waals surface area contributed by atoms with Crippen LogP contribution >= 0.6 is 0 Å². The Hall–Kier alpha value is -4.22. The summed E-state index contributed by atoms with van der Waals surface area (Å²) in [6.07, 6.45) is -1.67. The van der Waals surface area contributed by atoms with Crippen LogP contribution in [0.15, 0.2) is 42.6 Å². The summed E-state index contributed by atoms with van der Waals surface area (Å²) in [4.78, 5) is 22.9. The monoisotopic (exact) mass is 682 g/mol. The lowest BCUT2D eigenvalue weighted by Crippen LogP contribution is -2.40. The number of carbonyl (C=O) groups is 1. The molecule has 0 saturated carbocycles. The number of methoxy groups -OCH3 is 1. The molecule has 3 aromatic rings. The van der Waals surface area contributed by atoms with Crippen molar-refractivity contribution in [2.45, 2.75) is 31.7 Å². The van der Waals surface area contributed by atoms with E-state index in [0.29, 0.717) is 19.2 Å². The number of halogens is 4. The van der Waals surface area contributed by atoms with Crippen molar-refractivity contribution in [1.29, 1.82) is 0 Å². The molecule has 2 fully saturated rings. The predicted molar refractivity (Wildman–Crippen MR) is 164 cm³/mol. The Labute approximate surface area is 269 Å². The molecule has 17 heteroatoms. The Morgan fingerprint density at radius 3 is 2.53 bits per heavy atom. The third-order valence-electron chi connectivity index (χ3n) is 8.30. The highest BCUT2D eigenvalue weighted by Gasteiger charge is 2.42. The smallest absolute Gasteiger partial charge is 0.423 e. The maximum atomic E-state index is 15.3.